The van der Waals surface area contributed by atoms with Gasteiger partial charge in [-0.25, -0.2) is 0 Å². The molecule has 7 heteroatoms. The van der Waals surface area contributed by atoms with Gasteiger partial charge in [0.05, 0.1) is 25.9 Å². The predicted molar refractivity (Wildman–Crippen MR) is 87.0 cm³/mol. The Balaban J connectivity index is 1.90. The molecular weight excluding hydrogens is 304 g/mol. The second-order valence-electron chi connectivity index (χ2n) is 5.02. The molecule has 0 amide bonds. The Morgan fingerprint density at radius 1 is 1.43 bits per heavy atom. The zero-order chi connectivity index (χ0) is 14.7. The van der Waals surface area contributed by atoms with Crippen LogP contribution in [0.15, 0.2) is 24.3 Å². The highest BCUT2D eigenvalue weighted by Crippen LogP contribution is 2.17. The molecule has 1 aromatic heterocycles. The highest BCUT2D eigenvalue weighted by molar-refractivity contribution is 7.99. The maximum atomic E-state index is 5.39. The Labute approximate surface area is 133 Å². The zero-order valence-electron chi connectivity index (χ0n) is 12.0. The summed E-state index contributed by atoms with van der Waals surface area (Å²) in [5, 5.41) is 7.34. The van der Waals surface area contributed by atoms with Crippen LogP contribution >= 0.6 is 24.0 Å². The summed E-state index contributed by atoms with van der Waals surface area (Å²) < 4.78 is 7.93. The molecule has 0 unspecified atom stereocenters. The highest BCUT2D eigenvalue weighted by atomic mass is 32.2. The van der Waals surface area contributed by atoms with Gasteiger partial charge in [0.25, 0.3) is 0 Å². The van der Waals surface area contributed by atoms with Gasteiger partial charge in [-0.1, -0.05) is 6.07 Å². The molecule has 21 heavy (non-hydrogen) atoms. The maximum Gasteiger partial charge on any atom is 0.200 e. The monoisotopic (exact) mass is 323 g/mol. The van der Waals surface area contributed by atoms with Crippen LogP contribution in [-0.4, -0.2) is 46.5 Å². The molecular formula is C14H19N4OS2+. The summed E-state index contributed by atoms with van der Waals surface area (Å²) >= 11 is 7.42. The quantitative estimate of drug-likeness (QED) is 0.827. The lowest BCUT2D eigenvalue weighted by Crippen LogP contribution is -3.12. The van der Waals surface area contributed by atoms with Crippen molar-refractivity contribution >= 4 is 24.0 Å². The Hall–Kier alpha value is -1.31. The third-order valence-corrected chi connectivity index (χ3v) is 4.92. The molecule has 1 aliphatic heterocycles. The van der Waals surface area contributed by atoms with Crippen molar-refractivity contribution < 1.29 is 9.64 Å². The van der Waals surface area contributed by atoms with E-state index in [1.807, 2.05) is 40.6 Å². The van der Waals surface area contributed by atoms with Crippen molar-refractivity contribution in [3.8, 4) is 11.4 Å². The van der Waals surface area contributed by atoms with Crippen LogP contribution in [0.1, 0.15) is 5.82 Å². The van der Waals surface area contributed by atoms with Gasteiger partial charge >= 0.3 is 0 Å². The third-order valence-electron chi connectivity index (χ3n) is 3.66. The third kappa shape index (κ3) is 3.30. The number of benzene rings is 1. The van der Waals surface area contributed by atoms with E-state index in [1.165, 1.54) is 24.6 Å². The van der Waals surface area contributed by atoms with Gasteiger partial charge in [-0.3, -0.25) is 9.67 Å². The first-order valence-electron chi connectivity index (χ1n) is 7.00. The van der Waals surface area contributed by atoms with Crippen LogP contribution in [0.3, 0.4) is 0 Å². The normalized spacial score (nSPS) is 16.0. The molecule has 112 valence electrons. The van der Waals surface area contributed by atoms with Crippen LogP contribution in [0.25, 0.3) is 5.69 Å². The van der Waals surface area contributed by atoms with E-state index in [0.29, 0.717) is 4.77 Å². The van der Waals surface area contributed by atoms with Crippen molar-refractivity contribution in [2.75, 3.05) is 31.7 Å². The van der Waals surface area contributed by atoms with E-state index in [9.17, 15) is 0 Å². The molecule has 0 aliphatic carbocycles. The summed E-state index contributed by atoms with van der Waals surface area (Å²) in [7, 11) is 1.67. The molecule has 1 aromatic carbocycles. The minimum Gasteiger partial charge on any atom is -0.497 e. The number of thioether (sulfide) groups is 1. The standard InChI is InChI=1S/C14H18N4OS2/c1-19-12-4-2-3-11(9-12)18-13(15-16-14(18)20)10-17-5-7-21-8-6-17/h2-4,9H,5-8,10H2,1H3,(H,16,20)/p+1. The lowest BCUT2D eigenvalue weighted by atomic mass is 10.3. The molecule has 0 spiro atoms. The second-order valence-corrected chi connectivity index (χ2v) is 6.63. The van der Waals surface area contributed by atoms with Crippen molar-refractivity contribution in [2.45, 2.75) is 6.54 Å². The van der Waals surface area contributed by atoms with E-state index < -0.39 is 0 Å². The van der Waals surface area contributed by atoms with E-state index in [1.54, 1.807) is 12.0 Å². The van der Waals surface area contributed by atoms with Crippen molar-refractivity contribution in [1.82, 2.24) is 14.8 Å². The van der Waals surface area contributed by atoms with Crippen LogP contribution in [-0.2, 0) is 6.54 Å². The average molecular weight is 323 g/mol. The molecule has 5 nitrogen and oxygen atoms in total. The predicted octanol–water partition coefficient (Wildman–Crippen LogP) is 1.07. The fourth-order valence-electron chi connectivity index (χ4n) is 2.52. The van der Waals surface area contributed by atoms with Crippen LogP contribution in [0.5, 0.6) is 5.75 Å². The molecule has 1 fully saturated rings. The first-order valence-corrected chi connectivity index (χ1v) is 8.56. The molecule has 3 rings (SSSR count). The molecule has 0 radical (unpaired) electrons. The van der Waals surface area contributed by atoms with Crippen LogP contribution in [0.2, 0.25) is 0 Å². The number of hydrogen-bond acceptors (Lipinski definition) is 4. The smallest absolute Gasteiger partial charge is 0.200 e. The van der Waals surface area contributed by atoms with Gasteiger partial charge in [0, 0.05) is 17.6 Å². The fraction of sp³-hybridized carbons (Fsp3) is 0.429. The van der Waals surface area contributed by atoms with E-state index >= 15 is 0 Å². The van der Waals surface area contributed by atoms with Crippen molar-refractivity contribution in [3.05, 3.63) is 34.9 Å². The Morgan fingerprint density at radius 2 is 2.24 bits per heavy atom. The largest absolute Gasteiger partial charge is 0.497 e. The van der Waals surface area contributed by atoms with Crippen LogP contribution < -0.4 is 9.64 Å². The molecule has 1 aliphatic rings. The number of methoxy groups -OCH3 is 1. The molecule has 0 bridgehead atoms. The van der Waals surface area contributed by atoms with Crippen LogP contribution in [0, 0.1) is 4.77 Å². The van der Waals surface area contributed by atoms with E-state index in [2.05, 4.69) is 10.2 Å². The number of nitrogens with one attached hydrogen (secondary N) is 2. The molecule has 2 N–H and O–H groups in total. The molecule has 0 saturated carbocycles. The van der Waals surface area contributed by atoms with Crippen molar-refractivity contribution in [2.24, 2.45) is 0 Å². The van der Waals surface area contributed by atoms with E-state index in [0.717, 1.165) is 23.8 Å². The number of aromatic nitrogens is 3. The summed E-state index contributed by atoms with van der Waals surface area (Å²) in [5.74, 6) is 4.25. The molecule has 2 heterocycles. The first-order chi connectivity index (χ1) is 10.3. The second kappa shape index (κ2) is 6.64. The van der Waals surface area contributed by atoms with Gasteiger partial charge < -0.3 is 9.64 Å². The number of hydrogen-bond donors (Lipinski definition) is 2. The number of nitrogens with zero attached hydrogens (tertiary/aromatic N) is 2. The average Bonchev–Trinajstić information content (AvgIpc) is 2.89. The molecule has 2 aromatic rings. The van der Waals surface area contributed by atoms with E-state index in [-0.39, 0.29) is 0 Å². The number of ether oxygens (including phenoxy) is 1. The first kappa shape index (κ1) is 14.6. The van der Waals surface area contributed by atoms with Gasteiger partial charge in [-0.05, 0) is 24.4 Å². The number of rotatable bonds is 4. The SMILES string of the molecule is COc1cccc(-n2c(C[NH+]3CCSCC3)n[nH]c2=S)c1. The number of quaternary nitrogens is 1. The topological polar surface area (TPSA) is 47.3 Å². The Bertz CT molecular complexity index is 661. The zero-order valence-corrected chi connectivity index (χ0v) is 13.6. The lowest BCUT2D eigenvalue weighted by molar-refractivity contribution is -0.910. The number of aromatic amines is 1. The molecule has 1 saturated heterocycles. The van der Waals surface area contributed by atoms with Gasteiger partial charge in [0.15, 0.2) is 10.6 Å². The van der Waals surface area contributed by atoms with Gasteiger partial charge in [-0.2, -0.15) is 16.9 Å². The lowest BCUT2D eigenvalue weighted by Gasteiger charge is -2.22. The number of H-pyrrole nitrogens is 1. The molecule has 0 atom stereocenters. The van der Waals surface area contributed by atoms with Crippen LogP contribution in [0.4, 0.5) is 0 Å². The minimum atomic E-state index is 0.629. The minimum absolute atomic E-state index is 0.629. The summed E-state index contributed by atoms with van der Waals surface area (Å²) in [6.45, 7) is 3.26. The van der Waals surface area contributed by atoms with Gasteiger partial charge in [-0.15, -0.1) is 0 Å². The maximum absolute atomic E-state index is 5.39. The Kier molecular flexibility index (Phi) is 4.62. The summed E-state index contributed by atoms with van der Waals surface area (Å²) in [4.78, 5) is 1.56. The summed E-state index contributed by atoms with van der Waals surface area (Å²) in [6, 6.07) is 7.91. The summed E-state index contributed by atoms with van der Waals surface area (Å²) in [5.41, 5.74) is 0.994. The van der Waals surface area contributed by atoms with Crippen molar-refractivity contribution in [1.29, 1.82) is 0 Å². The summed E-state index contributed by atoms with van der Waals surface area (Å²) in [6.07, 6.45) is 0. The van der Waals surface area contributed by atoms with E-state index in [4.69, 9.17) is 17.0 Å². The van der Waals surface area contributed by atoms with Crippen molar-refractivity contribution in [3.63, 3.8) is 0 Å². The fourth-order valence-corrected chi connectivity index (χ4v) is 3.85. The van der Waals surface area contributed by atoms with Gasteiger partial charge in [0.2, 0.25) is 0 Å². The highest BCUT2D eigenvalue weighted by Gasteiger charge is 2.18. The Morgan fingerprint density at radius 3 is 3.00 bits per heavy atom. The van der Waals surface area contributed by atoms with Gasteiger partial charge in [0.1, 0.15) is 12.3 Å².